The van der Waals surface area contributed by atoms with Gasteiger partial charge >= 0.3 is 6.03 Å². The number of benzene rings is 1. The molecule has 0 radical (unpaired) electrons. The molecule has 0 aromatic heterocycles. The molecule has 3 aliphatic rings. The first-order valence-corrected chi connectivity index (χ1v) is 9.71. The van der Waals surface area contributed by atoms with Gasteiger partial charge in [0.2, 0.25) is 5.91 Å². The SMILES string of the molecule is Cc1ccccc1CNC(=O)N1C[C@@H]2C[C@@H](C(=O)N3CCOCC3)[C@H](C1)O2. The van der Waals surface area contributed by atoms with Crippen LogP contribution < -0.4 is 5.32 Å². The van der Waals surface area contributed by atoms with Crippen LogP contribution in [0.25, 0.3) is 0 Å². The van der Waals surface area contributed by atoms with Gasteiger partial charge in [-0.15, -0.1) is 0 Å². The van der Waals surface area contributed by atoms with Gasteiger partial charge in [-0.05, 0) is 24.5 Å². The zero-order valence-corrected chi connectivity index (χ0v) is 15.7. The summed E-state index contributed by atoms with van der Waals surface area (Å²) in [4.78, 5) is 29.1. The van der Waals surface area contributed by atoms with Gasteiger partial charge in [-0.2, -0.15) is 0 Å². The van der Waals surface area contributed by atoms with Crippen LogP contribution in [0.5, 0.6) is 0 Å². The Balaban J connectivity index is 1.33. The number of carbonyl (C=O) groups excluding carboxylic acids is 2. The predicted molar refractivity (Wildman–Crippen MR) is 99.2 cm³/mol. The van der Waals surface area contributed by atoms with Crippen molar-refractivity contribution in [1.82, 2.24) is 15.1 Å². The monoisotopic (exact) mass is 373 g/mol. The van der Waals surface area contributed by atoms with Crippen molar-refractivity contribution in [1.29, 1.82) is 0 Å². The zero-order valence-electron chi connectivity index (χ0n) is 15.7. The summed E-state index contributed by atoms with van der Waals surface area (Å²) in [6, 6.07) is 7.95. The molecule has 0 unspecified atom stereocenters. The number of carbonyl (C=O) groups is 2. The van der Waals surface area contributed by atoms with Gasteiger partial charge in [-0.1, -0.05) is 24.3 Å². The van der Waals surface area contributed by atoms with Crippen molar-refractivity contribution in [3.8, 4) is 0 Å². The maximum atomic E-state index is 12.8. The van der Waals surface area contributed by atoms with E-state index >= 15 is 0 Å². The van der Waals surface area contributed by atoms with E-state index in [1.165, 1.54) is 0 Å². The van der Waals surface area contributed by atoms with Gasteiger partial charge in [-0.25, -0.2) is 4.79 Å². The summed E-state index contributed by atoms with van der Waals surface area (Å²) in [6.07, 6.45) is 0.439. The number of aryl methyl sites for hydroxylation is 1. The van der Waals surface area contributed by atoms with E-state index in [2.05, 4.69) is 5.32 Å². The first kappa shape index (κ1) is 18.3. The summed E-state index contributed by atoms with van der Waals surface area (Å²) in [5, 5.41) is 3.01. The normalized spacial score (nSPS) is 27.5. The number of nitrogens with zero attached hydrogens (tertiary/aromatic N) is 2. The second-order valence-corrected chi connectivity index (χ2v) is 7.57. The molecule has 1 aromatic carbocycles. The van der Waals surface area contributed by atoms with Crippen molar-refractivity contribution < 1.29 is 19.1 Å². The molecule has 3 saturated heterocycles. The van der Waals surface area contributed by atoms with Crippen molar-refractivity contribution in [2.75, 3.05) is 39.4 Å². The Morgan fingerprint density at radius 2 is 1.93 bits per heavy atom. The van der Waals surface area contributed by atoms with E-state index in [0.29, 0.717) is 52.4 Å². The van der Waals surface area contributed by atoms with Crippen molar-refractivity contribution in [3.05, 3.63) is 35.4 Å². The van der Waals surface area contributed by atoms with E-state index in [1.807, 2.05) is 36.1 Å². The van der Waals surface area contributed by atoms with Gasteiger partial charge < -0.3 is 24.6 Å². The van der Waals surface area contributed by atoms with Gasteiger partial charge in [0.05, 0.1) is 31.3 Å². The van der Waals surface area contributed by atoms with Crippen LogP contribution >= 0.6 is 0 Å². The molecule has 0 saturated carbocycles. The summed E-state index contributed by atoms with van der Waals surface area (Å²) < 4.78 is 11.3. The van der Waals surface area contributed by atoms with Gasteiger partial charge in [0, 0.05) is 32.7 Å². The number of hydrogen-bond acceptors (Lipinski definition) is 4. The van der Waals surface area contributed by atoms with Crippen LogP contribution in [0.15, 0.2) is 24.3 Å². The lowest BCUT2D eigenvalue weighted by Crippen LogP contribution is -2.51. The van der Waals surface area contributed by atoms with Crippen LogP contribution in [0.3, 0.4) is 0 Å². The molecule has 3 heterocycles. The number of nitrogens with one attached hydrogen (secondary N) is 1. The van der Waals surface area contributed by atoms with Gasteiger partial charge in [0.15, 0.2) is 0 Å². The van der Waals surface area contributed by atoms with E-state index in [-0.39, 0.29) is 30.1 Å². The molecule has 2 bridgehead atoms. The summed E-state index contributed by atoms with van der Waals surface area (Å²) in [5.41, 5.74) is 2.28. The lowest BCUT2D eigenvalue weighted by Gasteiger charge is -2.34. The molecule has 3 amide bonds. The molecule has 3 aliphatic heterocycles. The smallest absolute Gasteiger partial charge is 0.317 e. The Kier molecular flexibility index (Phi) is 5.31. The van der Waals surface area contributed by atoms with E-state index in [1.54, 1.807) is 4.90 Å². The van der Waals surface area contributed by atoms with Gasteiger partial charge in [0.25, 0.3) is 0 Å². The third-order valence-corrected chi connectivity index (χ3v) is 5.78. The minimum Gasteiger partial charge on any atom is -0.378 e. The van der Waals surface area contributed by atoms with Crippen LogP contribution in [0.4, 0.5) is 4.79 Å². The third-order valence-electron chi connectivity index (χ3n) is 5.78. The molecule has 1 N–H and O–H groups in total. The number of fused-ring (bicyclic) bond motifs is 2. The predicted octanol–water partition coefficient (Wildman–Crippen LogP) is 1.15. The van der Waals surface area contributed by atoms with Crippen LogP contribution in [0.1, 0.15) is 17.5 Å². The number of ether oxygens (including phenoxy) is 2. The molecule has 3 atom stereocenters. The minimum atomic E-state index is -0.205. The fourth-order valence-electron chi connectivity index (χ4n) is 4.19. The van der Waals surface area contributed by atoms with Crippen molar-refractivity contribution in [3.63, 3.8) is 0 Å². The molecule has 0 spiro atoms. The number of likely N-dealkylation sites (tertiary alicyclic amines) is 1. The molecule has 0 aliphatic carbocycles. The highest BCUT2D eigenvalue weighted by Gasteiger charge is 2.47. The van der Waals surface area contributed by atoms with Crippen molar-refractivity contribution in [2.45, 2.75) is 32.1 Å². The zero-order chi connectivity index (χ0) is 18.8. The maximum Gasteiger partial charge on any atom is 0.317 e. The average molecular weight is 373 g/mol. The first-order valence-electron chi connectivity index (χ1n) is 9.71. The van der Waals surface area contributed by atoms with Crippen molar-refractivity contribution >= 4 is 11.9 Å². The summed E-state index contributed by atoms with van der Waals surface area (Å²) in [7, 11) is 0. The van der Waals surface area contributed by atoms with Gasteiger partial charge in [0.1, 0.15) is 0 Å². The fourth-order valence-corrected chi connectivity index (χ4v) is 4.19. The van der Waals surface area contributed by atoms with E-state index in [9.17, 15) is 9.59 Å². The van der Waals surface area contributed by atoms with Crippen LogP contribution in [0, 0.1) is 12.8 Å². The summed E-state index contributed by atoms with van der Waals surface area (Å²) in [5.74, 6) is -0.00441. The van der Waals surface area contributed by atoms with Crippen molar-refractivity contribution in [2.24, 2.45) is 5.92 Å². The molecule has 146 valence electrons. The molecular formula is C20H27N3O4. The third kappa shape index (κ3) is 3.94. The molecule has 27 heavy (non-hydrogen) atoms. The largest absolute Gasteiger partial charge is 0.378 e. The molecule has 3 fully saturated rings. The van der Waals surface area contributed by atoms with E-state index in [4.69, 9.17) is 9.47 Å². The number of urea groups is 1. The number of rotatable bonds is 3. The standard InChI is InChI=1S/C20H27N3O4/c1-14-4-2-3-5-15(14)11-21-20(25)23-12-16-10-17(18(13-23)27-16)19(24)22-6-8-26-9-7-22/h2-5,16-18H,6-13H2,1H3,(H,21,25)/t16-,17+,18-/m0/s1. The Bertz CT molecular complexity index is 704. The van der Waals surface area contributed by atoms with Gasteiger partial charge in [-0.3, -0.25) is 4.79 Å². The van der Waals surface area contributed by atoms with E-state index in [0.717, 1.165) is 11.1 Å². The van der Waals surface area contributed by atoms with E-state index < -0.39 is 0 Å². The highest BCUT2D eigenvalue weighted by molar-refractivity contribution is 5.80. The molecular weight excluding hydrogens is 346 g/mol. The van der Waals surface area contributed by atoms with Crippen LogP contribution in [-0.4, -0.2) is 73.3 Å². The highest BCUT2D eigenvalue weighted by atomic mass is 16.5. The first-order chi connectivity index (χ1) is 13.1. The maximum absolute atomic E-state index is 12.8. The van der Waals surface area contributed by atoms with Crippen LogP contribution in [0.2, 0.25) is 0 Å². The number of morpholine rings is 2. The van der Waals surface area contributed by atoms with Crippen LogP contribution in [-0.2, 0) is 20.8 Å². The molecule has 4 rings (SSSR count). The summed E-state index contributed by atoms with van der Waals surface area (Å²) in [6.45, 7) is 6.05. The highest BCUT2D eigenvalue weighted by Crippen LogP contribution is 2.33. The number of hydrogen-bond donors (Lipinski definition) is 1. The Morgan fingerprint density at radius 1 is 1.15 bits per heavy atom. The second-order valence-electron chi connectivity index (χ2n) is 7.57. The molecule has 1 aromatic rings. The second kappa shape index (κ2) is 7.86. The fraction of sp³-hybridized carbons (Fsp3) is 0.600. The Labute approximate surface area is 159 Å². The topological polar surface area (TPSA) is 71.1 Å². The quantitative estimate of drug-likeness (QED) is 0.863. The lowest BCUT2D eigenvalue weighted by atomic mass is 9.98. The summed E-state index contributed by atoms with van der Waals surface area (Å²) >= 11 is 0. The lowest BCUT2D eigenvalue weighted by molar-refractivity contribution is -0.142. The average Bonchev–Trinajstić information content (AvgIpc) is 3.00. The number of amides is 3. The molecule has 7 nitrogen and oxygen atoms in total. The molecule has 7 heteroatoms. The minimum absolute atomic E-state index is 0.0528. The Hall–Kier alpha value is -2.12. The Morgan fingerprint density at radius 3 is 2.70 bits per heavy atom.